The van der Waals surface area contributed by atoms with Gasteiger partial charge in [0.25, 0.3) is 0 Å². The molecule has 0 aromatic heterocycles. The molecule has 2 aromatic carbocycles. The van der Waals surface area contributed by atoms with Gasteiger partial charge in [0.05, 0.1) is 13.5 Å². The second-order valence-electron chi connectivity index (χ2n) is 5.24. The van der Waals surface area contributed by atoms with Crippen LogP contribution in [0.3, 0.4) is 0 Å². The number of para-hydroxylation sites is 1. The van der Waals surface area contributed by atoms with Gasteiger partial charge in [0.15, 0.2) is 0 Å². The molecule has 0 aliphatic rings. The average molecular weight is 358 g/mol. The molecular weight excluding hydrogens is 336 g/mol. The van der Waals surface area contributed by atoms with Crippen molar-refractivity contribution in [3.63, 3.8) is 0 Å². The summed E-state index contributed by atoms with van der Waals surface area (Å²) in [5, 5.41) is 5.26. The lowest BCUT2D eigenvalue weighted by molar-refractivity contribution is -0.144. The number of anilines is 1. The lowest BCUT2D eigenvalue weighted by atomic mass is 10.3. The fraction of sp³-hybridized carbons (Fsp3) is 0.263. The van der Waals surface area contributed by atoms with Crippen molar-refractivity contribution in [3.8, 4) is 11.5 Å². The van der Waals surface area contributed by atoms with Crippen molar-refractivity contribution in [1.82, 2.24) is 5.32 Å². The van der Waals surface area contributed by atoms with E-state index in [9.17, 15) is 9.59 Å². The molecule has 0 saturated carbocycles. The van der Waals surface area contributed by atoms with Gasteiger partial charge in [0, 0.05) is 12.2 Å². The van der Waals surface area contributed by atoms with Crippen LogP contribution in [0.15, 0.2) is 54.6 Å². The van der Waals surface area contributed by atoms with E-state index in [0.29, 0.717) is 11.4 Å². The highest BCUT2D eigenvalue weighted by atomic mass is 16.6. The summed E-state index contributed by atoms with van der Waals surface area (Å²) >= 11 is 0. The molecule has 0 radical (unpaired) electrons. The zero-order valence-electron chi connectivity index (χ0n) is 14.6. The molecule has 0 saturated heterocycles. The number of benzene rings is 2. The Balaban J connectivity index is 1.53. The molecular formula is C19H22N2O5. The van der Waals surface area contributed by atoms with Crippen LogP contribution in [-0.4, -0.2) is 38.9 Å². The number of rotatable bonds is 9. The van der Waals surface area contributed by atoms with E-state index in [1.54, 1.807) is 43.5 Å². The Morgan fingerprint density at radius 3 is 2.31 bits per heavy atom. The smallest absolute Gasteiger partial charge is 0.319 e. The van der Waals surface area contributed by atoms with E-state index in [0.717, 1.165) is 5.75 Å². The third kappa shape index (κ3) is 7.12. The van der Waals surface area contributed by atoms with Crippen LogP contribution in [-0.2, 0) is 9.53 Å². The third-order valence-corrected chi connectivity index (χ3v) is 3.32. The third-order valence-electron chi connectivity index (χ3n) is 3.32. The Hall–Kier alpha value is -3.22. The van der Waals surface area contributed by atoms with E-state index in [4.69, 9.17) is 14.2 Å². The van der Waals surface area contributed by atoms with Crippen LogP contribution < -0.4 is 20.1 Å². The second kappa shape index (κ2) is 10.6. The predicted molar refractivity (Wildman–Crippen MR) is 97.5 cm³/mol. The maximum Gasteiger partial charge on any atom is 0.319 e. The highest BCUT2D eigenvalue weighted by Gasteiger charge is 2.05. The van der Waals surface area contributed by atoms with Gasteiger partial charge in [0.2, 0.25) is 0 Å². The fourth-order valence-corrected chi connectivity index (χ4v) is 2.03. The highest BCUT2D eigenvalue weighted by Crippen LogP contribution is 2.16. The zero-order chi connectivity index (χ0) is 18.6. The molecule has 7 nitrogen and oxygen atoms in total. The number of methoxy groups -OCH3 is 1. The molecule has 0 aliphatic carbocycles. The topological polar surface area (TPSA) is 85.9 Å². The lowest BCUT2D eigenvalue weighted by Gasteiger charge is -2.09. The number of ether oxygens (including phenoxy) is 3. The monoisotopic (exact) mass is 358 g/mol. The Morgan fingerprint density at radius 1 is 0.923 bits per heavy atom. The molecule has 2 N–H and O–H groups in total. The van der Waals surface area contributed by atoms with Gasteiger partial charge in [-0.15, -0.1) is 0 Å². The summed E-state index contributed by atoms with van der Waals surface area (Å²) in [5.74, 6) is 1.01. The summed E-state index contributed by atoms with van der Waals surface area (Å²) in [4.78, 5) is 23.3. The van der Waals surface area contributed by atoms with E-state index in [-0.39, 0.29) is 32.2 Å². The maximum absolute atomic E-state index is 11.7. The number of urea groups is 1. The van der Waals surface area contributed by atoms with Crippen molar-refractivity contribution in [2.45, 2.75) is 6.42 Å². The normalized spacial score (nSPS) is 9.88. The van der Waals surface area contributed by atoms with Crippen LogP contribution in [0.4, 0.5) is 10.5 Å². The fourth-order valence-electron chi connectivity index (χ4n) is 2.03. The van der Waals surface area contributed by atoms with Gasteiger partial charge >= 0.3 is 12.0 Å². The largest absolute Gasteiger partial charge is 0.497 e. The first-order chi connectivity index (χ1) is 12.7. The van der Waals surface area contributed by atoms with Crippen molar-refractivity contribution in [3.05, 3.63) is 54.6 Å². The predicted octanol–water partition coefficient (Wildman–Crippen LogP) is 2.83. The first kappa shape index (κ1) is 19.1. The minimum absolute atomic E-state index is 0.0880. The van der Waals surface area contributed by atoms with Gasteiger partial charge in [-0.25, -0.2) is 4.79 Å². The van der Waals surface area contributed by atoms with Gasteiger partial charge < -0.3 is 24.8 Å². The highest BCUT2D eigenvalue weighted by molar-refractivity contribution is 5.89. The first-order valence-corrected chi connectivity index (χ1v) is 8.20. The van der Waals surface area contributed by atoms with Crippen molar-refractivity contribution >= 4 is 17.7 Å². The van der Waals surface area contributed by atoms with Gasteiger partial charge in [-0.05, 0) is 36.4 Å². The van der Waals surface area contributed by atoms with Crippen LogP contribution in [0.5, 0.6) is 11.5 Å². The molecule has 2 aromatic rings. The van der Waals surface area contributed by atoms with Crippen molar-refractivity contribution in [2.24, 2.45) is 0 Å². The Labute approximate surface area is 152 Å². The zero-order valence-corrected chi connectivity index (χ0v) is 14.6. The average Bonchev–Trinajstić information content (AvgIpc) is 2.66. The Bertz CT molecular complexity index is 689. The van der Waals surface area contributed by atoms with E-state index in [1.165, 1.54) is 0 Å². The molecule has 0 aliphatic heterocycles. The number of hydrogen-bond donors (Lipinski definition) is 2. The van der Waals surface area contributed by atoms with Crippen molar-refractivity contribution < 1.29 is 23.8 Å². The van der Waals surface area contributed by atoms with E-state index in [2.05, 4.69) is 10.6 Å². The number of carbonyl (C=O) groups is 2. The molecule has 0 atom stereocenters. The molecule has 2 amide bonds. The summed E-state index contributed by atoms with van der Waals surface area (Å²) in [7, 11) is 1.59. The first-order valence-electron chi connectivity index (χ1n) is 8.20. The molecule has 7 heteroatoms. The molecule has 138 valence electrons. The summed E-state index contributed by atoms with van der Waals surface area (Å²) < 4.78 is 15.6. The molecule has 2 rings (SSSR count). The quantitative estimate of drug-likeness (QED) is 0.532. The summed E-state index contributed by atoms with van der Waals surface area (Å²) in [6.07, 6.45) is 0.0880. The molecule has 0 spiro atoms. The Kier molecular flexibility index (Phi) is 7.79. The maximum atomic E-state index is 11.7. The molecule has 0 fully saturated rings. The number of hydrogen-bond acceptors (Lipinski definition) is 5. The Morgan fingerprint density at radius 2 is 1.62 bits per heavy atom. The summed E-state index contributed by atoms with van der Waals surface area (Å²) in [6.45, 7) is 0.581. The molecule has 0 heterocycles. The van der Waals surface area contributed by atoms with Crippen molar-refractivity contribution in [2.75, 3.05) is 32.2 Å². The van der Waals surface area contributed by atoms with Crippen LogP contribution >= 0.6 is 0 Å². The minimum Gasteiger partial charge on any atom is -0.497 e. The lowest BCUT2D eigenvalue weighted by Crippen LogP contribution is -2.31. The standard InChI is InChI=1S/C19H22N2O5/c1-24-16-7-9-17(10-8-16)25-13-14-26-18(22)11-12-20-19(23)21-15-5-3-2-4-6-15/h2-10H,11-14H2,1H3,(H2,20,21,23). The number of carbonyl (C=O) groups excluding carboxylic acids is 2. The molecule has 0 unspecified atom stereocenters. The van der Waals surface area contributed by atoms with Gasteiger partial charge in [-0.1, -0.05) is 18.2 Å². The van der Waals surface area contributed by atoms with E-state index < -0.39 is 5.97 Å². The summed E-state index contributed by atoms with van der Waals surface area (Å²) in [6, 6.07) is 15.8. The SMILES string of the molecule is COc1ccc(OCCOC(=O)CCNC(=O)Nc2ccccc2)cc1. The summed E-state index contributed by atoms with van der Waals surface area (Å²) in [5.41, 5.74) is 0.684. The van der Waals surface area contributed by atoms with E-state index >= 15 is 0 Å². The minimum atomic E-state index is -0.400. The number of amides is 2. The number of nitrogens with one attached hydrogen (secondary N) is 2. The van der Waals surface area contributed by atoms with Gasteiger partial charge in [0.1, 0.15) is 24.7 Å². The van der Waals surface area contributed by atoms with Crippen LogP contribution in [0, 0.1) is 0 Å². The van der Waals surface area contributed by atoms with E-state index in [1.807, 2.05) is 18.2 Å². The van der Waals surface area contributed by atoms with Crippen LogP contribution in [0.2, 0.25) is 0 Å². The second-order valence-corrected chi connectivity index (χ2v) is 5.24. The van der Waals surface area contributed by atoms with Gasteiger partial charge in [-0.2, -0.15) is 0 Å². The van der Waals surface area contributed by atoms with Crippen molar-refractivity contribution in [1.29, 1.82) is 0 Å². The molecule has 0 bridgehead atoms. The number of esters is 1. The van der Waals surface area contributed by atoms with Crippen LogP contribution in [0.1, 0.15) is 6.42 Å². The van der Waals surface area contributed by atoms with Crippen LogP contribution in [0.25, 0.3) is 0 Å². The van der Waals surface area contributed by atoms with Gasteiger partial charge in [-0.3, -0.25) is 4.79 Å². The molecule has 26 heavy (non-hydrogen) atoms.